The van der Waals surface area contributed by atoms with E-state index in [2.05, 4.69) is 5.32 Å². The Kier molecular flexibility index (Phi) is 6.38. The minimum absolute atomic E-state index is 0.0387. The zero-order valence-corrected chi connectivity index (χ0v) is 19.2. The molecule has 7 heteroatoms. The summed E-state index contributed by atoms with van der Waals surface area (Å²) < 4.78 is 17.1. The molecule has 168 valence electrons. The summed E-state index contributed by atoms with van der Waals surface area (Å²) in [6, 6.07) is 17.5. The average Bonchev–Trinajstić information content (AvgIpc) is 2.80. The number of halogens is 1. The van der Waals surface area contributed by atoms with Gasteiger partial charge in [-0.1, -0.05) is 23.7 Å². The largest absolute Gasteiger partial charge is 0.495 e. The van der Waals surface area contributed by atoms with Gasteiger partial charge in [0, 0.05) is 10.6 Å². The van der Waals surface area contributed by atoms with Gasteiger partial charge in [-0.3, -0.25) is 9.59 Å². The molecule has 0 aliphatic heterocycles. The number of hydrogen-bond donors (Lipinski definition) is 1. The Bertz CT molecular complexity index is 1390. The lowest BCUT2D eigenvalue weighted by molar-refractivity contribution is -0.118. The first-order chi connectivity index (χ1) is 15.9. The monoisotopic (exact) mass is 463 g/mol. The zero-order valence-electron chi connectivity index (χ0n) is 18.4. The Labute approximate surface area is 195 Å². The van der Waals surface area contributed by atoms with Gasteiger partial charge < -0.3 is 19.2 Å². The maximum absolute atomic E-state index is 13.4. The molecular weight excluding hydrogens is 442 g/mol. The standard InChI is InChI=1S/C26H22ClNO5/c1-15-12-19-22(13-16(15)2)33-25(17-8-10-18(27)11-9-17)26(24(19)30)32-14-23(29)28-20-6-4-5-7-21(20)31-3/h4-13H,14H2,1-3H3,(H,28,29). The van der Waals surface area contributed by atoms with Crippen LogP contribution in [0.3, 0.4) is 0 Å². The molecule has 0 atom stereocenters. The molecule has 1 aromatic heterocycles. The van der Waals surface area contributed by atoms with Crippen molar-refractivity contribution in [1.29, 1.82) is 0 Å². The van der Waals surface area contributed by atoms with Crippen LogP contribution in [0, 0.1) is 13.8 Å². The number of ether oxygens (including phenoxy) is 2. The van der Waals surface area contributed by atoms with Gasteiger partial charge in [0.15, 0.2) is 12.4 Å². The molecular formula is C26H22ClNO5. The van der Waals surface area contributed by atoms with Gasteiger partial charge >= 0.3 is 0 Å². The maximum Gasteiger partial charge on any atom is 0.262 e. The highest BCUT2D eigenvalue weighted by molar-refractivity contribution is 6.30. The number of anilines is 1. The number of fused-ring (bicyclic) bond motifs is 1. The van der Waals surface area contributed by atoms with Crippen molar-refractivity contribution in [3.8, 4) is 22.8 Å². The minimum atomic E-state index is -0.443. The van der Waals surface area contributed by atoms with Gasteiger partial charge in [0.25, 0.3) is 5.91 Å². The topological polar surface area (TPSA) is 77.8 Å². The van der Waals surface area contributed by atoms with Crippen LogP contribution in [0.2, 0.25) is 5.02 Å². The predicted molar refractivity (Wildman–Crippen MR) is 130 cm³/mol. The number of methoxy groups -OCH3 is 1. The number of aryl methyl sites for hydroxylation is 2. The average molecular weight is 464 g/mol. The maximum atomic E-state index is 13.4. The number of carbonyl (C=O) groups excluding carboxylic acids is 1. The number of hydrogen-bond acceptors (Lipinski definition) is 5. The highest BCUT2D eigenvalue weighted by atomic mass is 35.5. The predicted octanol–water partition coefficient (Wildman–Crippen LogP) is 5.76. The fourth-order valence-electron chi connectivity index (χ4n) is 3.43. The Morgan fingerprint density at radius 3 is 2.45 bits per heavy atom. The van der Waals surface area contributed by atoms with E-state index in [0.29, 0.717) is 33.0 Å². The third-order valence-corrected chi connectivity index (χ3v) is 5.55. The zero-order chi connectivity index (χ0) is 23.5. The van der Waals surface area contributed by atoms with Gasteiger partial charge in [-0.05, 0) is 73.5 Å². The number of nitrogens with one attached hydrogen (secondary N) is 1. The lowest BCUT2D eigenvalue weighted by Gasteiger charge is -2.13. The molecule has 1 N–H and O–H groups in total. The molecule has 0 unspecified atom stereocenters. The molecule has 33 heavy (non-hydrogen) atoms. The van der Waals surface area contributed by atoms with E-state index in [-0.39, 0.29) is 23.5 Å². The SMILES string of the molecule is COc1ccccc1NC(=O)COc1c(-c2ccc(Cl)cc2)oc2cc(C)c(C)cc2c1=O. The van der Waals surface area contributed by atoms with Crippen LogP contribution < -0.4 is 20.2 Å². The Morgan fingerprint density at radius 2 is 1.73 bits per heavy atom. The third kappa shape index (κ3) is 4.71. The Hall–Kier alpha value is -3.77. The molecule has 0 saturated carbocycles. The fraction of sp³-hybridized carbons (Fsp3) is 0.154. The van der Waals surface area contributed by atoms with Gasteiger partial charge in [0.2, 0.25) is 11.2 Å². The van der Waals surface area contributed by atoms with E-state index in [0.717, 1.165) is 11.1 Å². The second kappa shape index (κ2) is 9.38. The van der Waals surface area contributed by atoms with Gasteiger partial charge in [-0.2, -0.15) is 0 Å². The van der Waals surface area contributed by atoms with E-state index in [1.807, 2.05) is 19.9 Å². The van der Waals surface area contributed by atoms with Crippen molar-refractivity contribution in [3.05, 3.63) is 87.0 Å². The van der Waals surface area contributed by atoms with Crippen molar-refractivity contribution in [1.82, 2.24) is 0 Å². The second-order valence-electron chi connectivity index (χ2n) is 7.57. The van der Waals surface area contributed by atoms with E-state index in [1.165, 1.54) is 7.11 Å². The van der Waals surface area contributed by atoms with Crippen LogP contribution in [-0.2, 0) is 4.79 Å². The number of para-hydroxylation sites is 2. The summed E-state index contributed by atoms with van der Waals surface area (Å²) in [7, 11) is 1.52. The number of amides is 1. The molecule has 0 bridgehead atoms. The summed E-state index contributed by atoms with van der Waals surface area (Å²) in [5.41, 5.74) is 3.15. The first-order valence-corrected chi connectivity index (χ1v) is 10.6. The molecule has 4 rings (SSSR count). The lowest BCUT2D eigenvalue weighted by atomic mass is 10.0. The minimum Gasteiger partial charge on any atom is -0.495 e. The van der Waals surface area contributed by atoms with Crippen LogP contribution in [0.4, 0.5) is 5.69 Å². The fourth-order valence-corrected chi connectivity index (χ4v) is 3.55. The normalized spacial score (nSPS) is 10.8. The summed E-state index contributed by atoms with van der Waals surface area (Å²) in [5.74, 6) is 0.269. The summed E-state index contributed by atoms with van der Waals surface area (Å²) in [4.78, 5) is 25.9. The first-order valence-electron chi connectivity index (χ1n) is 10.3. The first kappa shape index (κ1) is 22.4. The number of benzene rings is 3. The highest BCUT2D eigenvalue weighted by Crippen LogP contribution is 2.32. The molecule has 1 heterocycles. The molecule has 0 spiro atoms. The van der Waals surface area contributed by atoms with E-state index in [1.54, 1.807) is 54.6 Å². The lowest BCUT2D eigenvalue weighted by Crippen LogP contribution is -2.23. The van der Waals surface area contributed by atoms with Crippen molar-refractivity contribution < 1.29 is 18.7 Å². The highest BCUT2D eigenvalue weighted by Gasteiger charge is 2.20. The second-order valence-corrected chi connectivity index (χ2v) is 8.00. The van der Waals surface area contributed by atoms with E-state index >= 15 is 0 Å². The molecule has 4 aromatic rings. The van der Waals surface area contributed by atoms with Gasteiger partial charge in [-0.15, -0.1) is 0 Å². The third-order valence-electron chi connectivity index (χ3n) is 5.30. The summed E-state index contributed by atoms with van der Waals surface area (Å²) >= 11 is 6.02. The summed E-state index contributed by atoms with van der Waals surface area (Å²) in [6.07, 6.45) is 0. The van der Waals surface area contributed by atoms with Crippen molar-refractivity contribution in [2.45, 2.75) is 13.8 Å². The van der Waals surface area contributed by atoms with Crippen LogP contribution in [0.25, 0.3) is 22.3 Å². The molecule has 0 aliphatic rings. The van der Waals surface area contributed by atoms with Crippen molar-refractivity contribution in [2.24, 2.45) is 0 Å². The molecule has 1 amide bonds. The van der Waals surface area contributed by atoms with Crippen molar-refractivity contribution in [3.63, 3.8) is 0 Å². The van der Waals surface area contributed by atoms with Crippen molar-refractivity contribution in [2.75, 3.05) is 19.0 Å². The van der Waals surface area contributed by atoms with E-state index in [4.69, 9.17) is 25.5 Å². The summed E-state index contributed by atoms with van der Waals surface area (Å²) in [6.45, 7) is 3.48. The van der Waals surface area contributed by atoms with Gasteiger partial charge in [0.1, 0.15) is 11.3 Å². The van der Waals surface area contributed by atoms with Crippen LogP contribution in [0.1, 0.15) is 11.1 Å². The van der Waals surface area contributed by atoms with Crippen LogP contribution >= 0.6 is 11.6 Å². The summed E-state index contributed by atoms with van der Waals surface area (Å²) in [5, 5.41) is 3.67. The van der Waals surface area contributed by atoms with E-state index in [9.17, 15) is 9.59 Å². The number of rotatable bonds is 6. The molecule has 0 radical (unpaired) electrons. The van der Waals surface area contributed by atoms with Crippen molar-refractivity contribution >= 4 is 34.2 Å². The molecule has 0 fully saturated rings. The van der Waals surface area contributed by atoms with E-state index < -0.39 is 5.91 Å². The van der Waals surface area contributed by atoms with Crippen LogP contribution in [0.15, 0.2) is 69.9 Å². The number of carbonyl (C=O) groups is 1. The molecule has 6 nitrogen and oxygen atoms in total. The molecule has 0 saturated heterocycles. The smallest absolute Gasteiger partial charge is 0.262 e. The van der Waals surface area contributed by atoms with Gasteiger partial charge in [0.05, 0.1) is 18.2 Å². The molecule has 3 aromatic carbocycles. The quantitative estimate of drug-likeness (QED) is 0.393. The van der Waals surface area contributed by atoms with Crippen LogP contribution in [-0.4, -0.2) is 19.6 Å². The molecule has 0 aliphatic carbocycles. The van der Waals surface area contributed by atoms with Crippen LogP contribution in [0.5, 0.6) is 11.5 Å². The Balaban J connectivity index is 1.72. The Morgan fingerprint density at radius 1 is 1.03 bits per heavy atom. The van der Waals surface area contributed by atoms with Gasteiger partial charge in [-0.25, -0.2) is 0 Å².